The predicted octanol–water partition coefficient (Wildman–Crippen LogP) is 4.97. The number of carbonyl (C=O) groups is 1. The molecule has 3 aromatic rings. The van der Waals surface area contributed by atoms with E-state index < -0.39 is 15.7 Å². The smallest absolute Gasteiger partial charge is 0.229 e. The van der Waals surface area contributed by atoms with Gasteiger partial charge in [-0.05, 0) is 69.9 Å². The van der Waals surface area contributed by atoms with Crippen LogP contribution in [0.3, 0.4) is 0 Å². The molecule has 0 saturated carbocycles. The summed E-state index contributed by atoms with van der Waals surface area (Å²) < 4.78 is 39.1. The molecule has 33 heavy (non-hydrogen) atoms. The summed E-state index contributed by atoms with van der Waals surface area (Å²) in [6.07, 6.45) is 0.496. The molecule has 3 rings (SSSR count). The molecule has 0 N–H and O–H groups in total. The first kappa shape index (κ1) is 27.5. The fraction of sp³-hybridized carbons (Fsp3) is 0.364. The molecule has 0 saturated heterocycles. The van der Waals surface area contributed by atoms with E-state index in [-0.39, 0.29) is 35.4 Å². The number of fused-ring (bicyclic) bond motifs is 1. The fourth-order valence-corrected chi connectivity index (χ4v) is 5.78. The largest absolute Gasteiger partial charge is 0.309 e. The minimum absolute atomic E-state index is 0. The summed E-state index contributed by atoms with van der Waals surface area (Å²) in [5, 5.41) is 1.06. The van der Waals surface area contributed by atoms with Crippen molar-refractivity contribution < 1.29 is 17.6 Å². The molecule has 0 spiro atoms. The van der Waals surface area contributed by atoms with Crippen LogP contribution in [0.4, 0.5) is 9.52 Å². The number of anilines is 1. The second-order valence-electron chi connectivity index (χ2n) is 7.76. The third-order valence-electron chi connectivity index (χ3n) is 4.96. The number of benzene rings is 2. The van der Waals surface area contributed by atoms with Gasteiger partial charge in [0, 0.05) is 13.0 Å². The molecular formula is C22H26Cl2FN3O3S2. The SMILES string of the molecule is Cc1ccc(Cl)c2sc(N(CCCN(C)C)C(=O)CCS(=O)(=O)c3ccc(F)cc3)nc12.Cl. The predicted molar refractivity (Wildman–Crippen MR) is 135 cm³/mol. The van der Waals surface area contributed by atoms with Gasteiger partial charge in [-0.2, -0.15) is 0 Å². The monoisotopic (exact) mass is 533 g/mol. The molecule has 0 fully saturated rings. The second-order valence-corrected chi connectivity index (χ2v) is 11.3. The Morgan fingerprint density at radius 2 is 1.79 bits per heavy atom. The first-order valence-corrected chi connectivity index (χ1v) is 12.9. The van der Waals surface area contributed by atoms with Crippen LogP contribution in [0.5, 0.6) is 0 Å². The fourth-order valence-electron chi connectivity index (χ4n) is 3.19. The van der Waals surface area contributed by atoms with Crippen LogP contribution in [0.25, 0.3) is 10.2 Å². The van der Waals surface area contributed by atoms with E-state index in [2.05, 4.69) is 4.98 Å². The number of sulfone groups is 1. The van der Waals surface area contributed by atoms with Gasteiger partial charge in [-0.1, -0.05) is 29.0 Å². The van der Waals surface area contributed by atoms with Crippen molar-refractivity contribution in [1.82, 2.24) is 9.88 Å². The molecule has 6 nitrogen and oxygen atoms in total. The van der Waals surface area contributed by atoms with Crippen LogP contribution in [0.1, 0.15) is 18.4 Å². The zero-order valence-corrected chi connectivity index (χ0v) is 21.8. The summed E-state index contributed by atoms with van der Waals surface area (Å²) in [5.74, 6) is -1.22. The van der Waals surface area contributed by atoms with Crippen LogP contribution in [-0.4, -0.2) is 57.1 Å². The van der Waals surface area contributed by atoms with E-state index in [0.717, 1.165) is 34.5 Å². The molecule has 0 radical (unpaired) electrons. The van der Waals surface area contributed by atoms with E-state index in [1.54, 1.807) is 11.0 Å². The Balaban J connectivity index is 0.00000385. The zero-order chi connectivity index (χ0) is 23.5. The topological polar surface area (TPSA) is 70.6 Å². The summed E-state index contributed by atoms with van der Waals surface area (Å²) in [7, 11) is 0.173. The van der Waals surface area contributed by atoms with Gasteiger partial charge in [-0.15, -0.1) is 12.4 Å². The highest BCUT2D eigenvalue weighted by Crippen LogP contribution is 2.36. The Morgan fingerprint density at radius 1 is 1.12 bits per heavy atom. The van der Waals surface area contributed by atoms with E-state index in [0.29, 0.717) is 23.1 Å². The van der Waals surface area contributed by atoms with Crippen molar-refractivity contribution in [2.75, 3.05) is 37.8 Å². The van der Waals surface area contributed by atoms with Gasteiger partial charge in [0.05, 0.1) is 25.9 Å². The number of amides is 1. The quantitative estimate of drug-likeness (QED) is 0.363. The van der Waals surface area contributed by atoms with E-state index >= 15 is 0 Å². The summed E-state index contributed by atoms with van der Waals surface area (Å²) in [5.41, 5.74) is 1.69. The Morgan fingerprint density at radius 3 is 2.39 bits per heavy atom. The van der Waals surface area contributed by atoms with Crippen LogP contribution >= 0.6 is 35.3 Å². The lowest BCUT2D eigenvalue weighted by Gasteiger charge is -2.21. The van der Waals surface area contributed by atoms with Gasteiger partial charge in [0.25, 0.3) is 0 Å². The van der Waals surface area contributed by atoms with E-state index in [9.17, 15) is 17.6 Å². The molecule has 1 amide bonds. The highest BCUT2D eigenvalue weighted by atomic mass is 35.5. The molecule has 0 atom stereocenters. The lowest BCUT2D eigenvalue weighted by molar-refractivity contribution is -0.118. The number of aromatic nitrogens is 1. The maximum absolute atomic E-state index is 13.1. The molecule has 0 unspecified atom stereocenters. The Labute approximate surface area is 208 Å². The van der Waals surface area contributed by atoms with E-state index in [1.807, 2.05) is 32.0 Å². The third-order valence-corrected chi connectivity index (χ3v) is 8.23. The first-order chi connectivity index (χ1) is 15.1. The highest BCUT2D eigenvalue weighted by molar-refractivity contribution is 7.91. The average molecular weight is 535 g/mol. The van der Waals surface area contributed by atoms with Crippen molar-refractivity contribution in [3.63, 3.8) is 0 Å². The van der Waals surface area contributed by atoms with Crippen molar-refractivity contribution in [3.8, 4) is 0 Å². The summed E-state index contributed by atoms with van der Waals surface area (Å²) in [6.45, 7) is 3.10. The second kappa shape index (κ2) is 11.6. The Bertz CT molecular complexity index is 1180. The van der Waals surface area contributed by atoms with Gasteiger partial charge in [-0.3, -0.25) is 9.69 Å². The lowest BCUT2D eigenvalue weighted by atomic mass is 10.2. The number of thiazole rings is 1. The van der Waals surface area contributed by atoms with Gasteiger partial charge >= 0.3 is 0 Å². The lowest BCUT2D eigenvalue weighted by Crippen LogP contribution is -2.34. The van der Waals surface area contributed by atoms with Crippen LogP contribution in [0.2, 0.25) is 5.02 Å². The molecule has 1 aromatic heterocycles. The minimum atomic E-state index is -3.72. The minimum Gasteiger partial charge on any atom is -0.309 e. The number of hydrogen-bond donors (Lipinski definition) is 0. The number of hydrogen-bond acceptors (Lipinski definition) is 6. The van der Waals surface area contributed by atoms with Gasteiger partial charge in [-0.25, -0.2) is 17.8 Å². The molecule has 0 bridgehead atoms. The van der Waals surface area contributed by atoms with Crippen LogP contribution < -0.4 is 4.90 Å². The maximum Gasteiger partial charge on any atom is 0.229 e. The van der Waals surface area contributed by atoms with Crippen molar-refractivity contribution in [2.45, 2.75) is 24.7 Å². The standard InChI is InChI=1S/C22H25ClFN3O3S2.ClH/c1-15-5-10-18(23)21-20(15)25-22(31-21)27(13-4-12-26(2)3)19(28)11-14-32(29,30)17-8-6-16(24)7-9-17;/h5-10H,4,11-14H2,1-3H3;1H. The normalized spacial score (nSPS) is 11.6. The molecule has 0 aliphatic carbocycles. The van der Waals surface area contributed by atoms with E-state index in [4.69, 9.17) is 11.6 Å². The highest BCUT2D eigenvalue weighted by Gasteiger charge is 2.24. The number of rotatable bonds is 9. The van der Waals surface area contributed by atoms with Crippen molar-refractivity contribution >= 4 is 66.4 Å². The molecule has 0 aliphatic rings. The number of aryl methyl sites for hydroxylation is 1. The number of halogens is 3. The molecule has 2 aromatic carbocycles. The molecule has 180 valence electrons. The Hall–Kier alpha value is -1.78. The third kappa shape index (κ3) is 6.86. The molecule has 11 heteroatoms. The van der Waals surface area contributed by atoms with Gasteiger partial charge in [0.2, 0.25) is 5.91 Å². The van der Waals surface area contributed by atoms with Gasteiger partial charge in [0.1, 0.15) is 5.82 Å². The van der Waals surface area contributed by atoms with Crippen LogP contribution in [0, 0.1) is 12.7 Å². The number of nitrogens with zero attached hydrogens (tertiary/aromatic N) is 3. The molecule has 1 heterocycles. The molecular weight excluding hydrogens is 508 g/mol. The summed E-state index contributed by atoms with van der Waals surface area (Å²) >= 11 is 7.65. The average Bonchev–Trinajstić information content (AvgIpc) is 3.19. The van der Waals surface area contributed by atoms with Crippen LogP contribution in [0.15, 0.2) is 41.3 Å². The van der Waals surface area contributed by atoms with Gasteiger partial charge < -0.3 is 4.90 Å². The van der Waals surface area contributed by atoms with Crippen molar-refractivity contribution in [1.29, 1.82) is 0 Å². The zero-order valence-electron chi connectivity index (χ0n) is 18.5. The first-order valence-electron chi connectivity index (χ1n) is 10.1. The maximum atomic E-state index is 13.1. The number of carbonyl (C=O) groups excluding carboxylic acids is 1. The molecule has 0 aliphatic heterocycles. The van der Waals surface area contributed by atoms with E-state index in [1.165, 1.54) is 23.5 Å². The van der Waals surface area contributed by atoms with Crippen molar-refractivity contribution in [3.05, 3.63) is 52.8 Å². The van der Waals surface area contributed by atoms with Crippen LogP contribution in [-0.2, 0) is 14.6 Å². The summed E-state index contributed by atoms with van der Waals surface area (Å²) in [4.78, 5) is 21.3. The Kier molecular flexibility index (Phi) is 9.63. The van der Waals surface area contributed by atoms with Gasteiger partial charge in [0.15, 0.2) is 15.0 Å². The van der Waals surface area contributed by atoms with Crippen molar-refractivity contribution in [2.24, 2.45) is 0 Å². The summed E-state index contributed by atoms with van der Waals surface area (Å²) in [6, 6.07) is 8.28.